The summed E-state index contributed by atoms with van der Waals surface area (Å²) < 4.78 is 11.0. The summed E-state index contributed by atoms with van der Waals surface area (Å²) >= 11 is 0. The Bertz CT molecular complexity index is 752. The second kappa shape index (κ2) is 11.8. The van der Waals surface area contributed by atoms with Gasteiger partial charge in [-0.05, 0) is 30.4 Å². The molecule has 10 unspecified atom stereocenters. The van der Waals surface area contributed by atoms with Gasteiger partial charge in [-0.3, -0.25) is 0 Å². The van der Waals surface area contributed by atoms with Gasteiger partial charge in [0.05, 0.1) is 25.4 Å². The van der Waals surface area contributed by atoms with Gasteiger partial charge in [-0.1, -0.05) is 36.4 Å². The zero-order chi connectivity index (χ0) is 24.1. The number of rotatable bonds is 8. The van der Waals surface area contributed by atoms with Crippen LogP contribution in [0, 0.1) is 0 Å². The van der Waals surface area contributed by atoms with Crippen LogP contribution in [0.2, 0.25) is 0 Å². The van der Waals surface area contributed by atoms with Crippen molar-refractivity contribution in [1.29, 1.82) is 0 Å². The average molecular weight is 471 g/mol. The summed E-state index contributed by atoms with van der Waals surface area (Å²) in [5.41, 5.74) is 1.86. The topological polar surface area (TPSA) is 180 Å². The van der Waals surface area contributed by atoms with Gasteiger partial charge in [-0.15, -0.1) is 0 Å². The monoisotopic (exact) mass is 470 g/mol. The highest BCUT2D eigenvalue weighted by Crippen LogP contribution is 2.25. The van der Waals surface area contributed by atoms with E-state index in [1.165, 1.54) is 0 Å². The summed E-state index contributed by atoms with van der Waals surface area (Å²) in [4.78, 5) is 0. The number of hydrogen-bond acceptors (Lipinski definition) is 10. The zero-order valence-electron chi connectivity index (χ0n) is 18.2. The van der Waals surface area contributed by atoms with Gasteiger partial charge in [0, 0.05) is 0 Å². The lowest BCUT2D eigenvalue weighted by Gasteiger charge is -2.40. The van der Waals surface area contributed by atoms with Crippen LogP contribution < -0.4 is 0 Å². The molecule has 2 aliphatic heterocycles. The molecule has 0 saturated carbocycles. The van der Waals surface area contributed by atoms with Crippen LogP contribution in [0.25, 0.3) is 6.08 Å². The van der Waals surface area contributed by atoms with E-state index in [0.29, 0.717) is 12.8 Å². The highest BCUT2D eigenvalue weighted by Gasteiger charge is 2.43. The lowest BCUT2D eigenvalue weighted by Crippen LogP contribution is -2.58. The van der Waals surface area contributed by atoms with Crippen LogP contribution in [0.5, 0.6) is 0 Å². The highest BCUT2D eigenvalue weighted by atomic mass is 16.5. The predicted molar refractivity (Wildman–Crippen MR) is 116 cm³/mol. The van der Waals surface area contributed by atoms with Gasteiger partial charge in [-0.25, -0.2) is 0 Å². The van der Waals surface area contributed by atoms with E-state index in [1.807, 2.05) is 30.3 Å². The molecule has 3 rings (SSSR count). The van der Waals surface area contributed by atoms with Gasteiger partial charge in [0.25, 0.3) is 0 Å². The van der Waals surface area contributed by atoms with Crippen molar-refractivity contribution in [2.45, 2.75) is 80.3 Å². The van der Waals surface area contributed by atoms with Gasteiger partial charge in [0.1, 0.15) is 48.8 Å². The van der Waals surface area contributed by atoms with Crippen molar-refractivity contribution in [3.05, 3.63) is 41.5 Å². The smallest absolute Gasteiger partial charge is 0.111 e. The number of benzene rings is 1. The van der Waals surface area contributed by atoms with Crippen LogP contribution >= 0.6 is 0 Å². The minimum atomic E-state index is -1.39. The maximum absolute atomic E-state index is 10.1. The molecule has 0 bridgehead atoms. The molecule has 1 aromatic rings. The first-order valence-electron chi connectivity index (χ1n) is 11.1. The summed E-state index contributed by atoms with van der Waals surface area (Å²) in [6, 6.07) is 7.56. The molecular weight excluding hydrogens is 436 g/mol. The standard InChI is InChI=1S/C23H34O10/c24-10-16-20(28)22(30)18(26)14(32-16)3-1-2-12-4-6-13(7-5-12)8-9-15-19(27)23(31)21(29)17(11-25)33-15/h1-2,4-7,14-31H,3,8-11H2. The van der Waals surface area contributed by atoms with Crippen LogP contribution in [0.15, 0.2) is 30.3 Å². The Balaban J connectivity index is 1.50. The van der Waals surface area contributed by atoms with Crippen molar-refractivity contribution in [3.8, 4) is 0 Å². The van der Waals surface area contributed by atoms with E-state index in [1.54, 1.807) is 6.08 Å². The minimum absolute atomic E-state index is 0.278. The molecule has 1 aromatic carbocycles. The molecule has 2 aliphatic rings. The van der Waals surface area contributed by atoms with Gasteiger partial charge in [-0.2, -0.15) is 0 Å². The third-order valence-corrected chi connectivity index (χ3v) is 6.36. The van der Waals surface area contributed by atoms with Crippen molar-refractivity contribution in [2.75, 3.05) is 13.2 Å². The Morgan fingerprint density at radius 1 is 0.636 bits per heavy atom. The molecule has 0 spiro atoms. The zero-order valence-corrected chi connectivity index (χ0v) is 18.2. The van der Waals surface area contributed by atoms with E-state index in [-0.39, 0.29) is 6.42 Å². The molecule has 0 radical (unpaired) electrons. The maximum Gasteiger partial charge on any atom is 0.111 e. The van der Waals surface area contributed by atoms with E-state index in [0.717, 1.165) is 11.1 Å². The Morgan fingerprint density at radius 3 is 1.67 bits per heavy atom. The molecule has 186 valence electrons. The number of aryl methyl sites for hydroxylation is 1. The Hall–Kier alpha value is -1.44. The normalized spacial score (nSPS) is 39.8. The molecule has 10 atom stereocenters. The van der Waals surface area contributed by atoms with Crippen molar-refractivity contribution >= 4 is 6.08 Å². The fourth-order valence-corrected chi connectivity index (χ4v) is 4.23. The van der Waals surface area contributed by atoms with E-state index in [2.05, 4.69) is 0 Å². The van der Waals surface area contributed by atoms with Gasteiger partial charge >= 0.3 is 0 Å². The third-order valence-electron chi connectivity index (χ3n) is 6.36. The lowest BCUT2D eigenvalue weighted by molar-refractivity contribution is -0.230. The number of hydrogen-bond donors (Lipinski definition) is 8. The Labute approximate surface area is 192 Å². The second-order valence-electron chi connectivity index (χ2n) is 8.65. The summed E-state index contributed by atoms with van der Waals surface area (Å²) in [6.45, 7) is -0.915. The second-order valence-corrected chi connectivity index (χ2v) is 8.65. The summed E-state index contributed by atoms with van der Waals surface area (Å²) in [6.07, 6.45) is -6.50. The third kappa shape index (κ3) is 6.17. The SMILES string of the molecule is OCC1OC(CC=Cc2ccc(CCC3OC(CO)C(O)C(O)C3O)cc2)C(O)C(O)C1O. The first kappa shape index (κ1) is 26.2. The van der Waals surface area contributed by atoms with Crippen molar-refractivity contribution < 1.29 is 50.3 Å². The average Bonchev–Trinajstić information content (AvgIpc) is 2.83. The van der Waals surface area contributed by atoms with E-state index >= 15 is 0 Å². The van der Waals surface area contributed by atoms with Gasteiger partial charge in [0.15, 0.2) is 0 Å². The maximum atomic E-state index is 10.1. The Morgan fingerprint density at radius 2 is 1.12 bits per heavy atom. The lowest BCUT2D eigenvalue weighted by atomic mass is 9.92. The first-order valence-corrected chi connectivity index (χ1v) is 11.1. The van der Waals surface area contributed by atoms with Crippen LogP contribution in [0.1, 0.15) is 24.0 Å². The van der Waals surface area contributed by atoms with Crippen molar-refractivity contribution in [3.63, 3.8) is 0 Å². The molecule has 0 aromatic heterocycles. The van der Waals surface area contributed by atoms with Gasteiger partial charge in [0.2, 0.25) is 0 Å². The van der Waals surface area contributed by atoms with Gasteiger partial charge < -0.3 is 50.3 Å². The van der Waals surface area contributed by atoms with E-state index in [4.69, 9.17) is 9.47 Å². The molecule has 2 heterocycles. The molecule has 2 saturated heterocycles. The van der Waals surface area contributed by atoms with Crippen LogP contribution in [-0.2, 0) is 15.9 Å². The quantitative estimate of drug-likeness (QED) is 0.206. The van der Waals surface area contributed by atoms with Crippen molar-refractivity contribution in [2.24, 2.45) is 0 Å². The fraction of sp³-hybridized carbons (Fsp3) is 0.652. The number of aliphatic hydroxyl groups is 8. The number of ether oxygens (including phenoxy) is 2. The molecule has 8 N–H and O–H groups in total. The van der Waals surface area contributed by atoms with Crippen LogP contribution in [0.4, 0.5) is 0 Å². The van der Waals surface area contributed by atoms with E-state index in [9.17, 15) is 40.9 Å². The molecule has 0 aliphatic carbocycles. The van der Waals surface area contributed by atoms with E-state index < -0.39 is 74.3 Å². The summed E-state index contributed by atoms with van der Waals surface area (Å²) in [7, 11) is 0. The minimum Gasteiger partial charge on any atom is -0.394 e. The molecule has 33 heavy (non-hydrogen) atoms. The van der Waals surface area contributed by atoms with Crippen LogP contribution in [0.3, 0.4) is 0 Å². The highest BCUT2D eigenvalue weighted by molar-refractivity contribution is 5.49. The predicted octanol–water partition coefficient (Wildman–Crippen LogP) is -2.29. The molecule has 0 amide bonds. The molecule has 10 nitrogen and oxygen atoms in total. The fourth-order valence-electron chi connectivity index (χ4n) is 4.23. The number of aliphatic hydroxyl groups excluding tert-OH is 8. The largest absolute Gasteiger partial charge is 0.394 e. The van der Waals surface area contributed by atoms with Crippen molar-refractivity contribution in [1.82, 2.24) is 0 Å². The first-order chi connectivity index (χ1) is 15.8. The van der Waals surface area contributed by atoms with Crippen LogP contribution in [-0.4, -0.2) is 115 Å². The molecular formula is C23H34O10. The molecule has 10 heteroatoms. The Kier molecular flexibility index (Phi) is 9.36. The summed E-state index contributed by atoms with van der Waals surface area (Å²) in [5.74, 6) is 0. The summed E-state index contributed by atoms with van der Waals surface area (Å²) in [5, 5.41) is 78.2. The molecule has 2 fully saturated rings.